The van der Waals surface area contributed by atoms with E-state index in [-0.39, 0.29) is 24.1 Å². The zero-order chi connectivity index (χ0) is 23.6. The third kappa shape index (κ3) is 6.20. The van der Waals surface area contributed by atoms with Gasteiger partial charge in [-0.3, -0.25) is 0 Å². The van der Waals surface area contributed by atoms with Crippen molar-refractivity contribution < 1.29 is 27.4 Å². The summed E-state index contributed by atoms with van der Waals surface area (Å²) in [5, 5.41) is 3.45. The average Bonchev–Trinajstić information content (AvgIpc) is 2.79. The largest absolute Gasteiger partial charge is 0.463 e. The fourth-order valence-corrected chi connectivity index (χ4v) is 3.52. The first-order chi connectivity index (χ1) is 15.3. The quantitative estimate of drug-likeness (QED) is 0.268. The van der Waals surface area contributed by atoms with E-state index >= 15 is 0 Å². The highest BCUT2D eigenvalue weighted by Gasteiger charge is 2.64. The molecule has 0 unspecified atom stereocenters. The highest BCUT2D eigenvalue weighted by molar-refractivity contribution is 5.82. The van der Waals surface area contributed by atoms with Crippen molar-refractivity contribution >= 4 is 5.97 Å². The summed E-state index contributed by atoms with van der Waals surface area (Å²) < 4.78 is 51.6. The number of halogens is 3. The topological polar surface area (TPSA) is 47.6 Å². The molecule has 2 aromatic carbocycles. The molecule has 0 amide bonds. The van der Waals surface area contributed by atoms with Gasteiger partial charge in [-0.05, 0) is 24.3 Å². The molecule has 2 rings (SSSR count). The Labute approximate surface area is 187 Å². The van der Waals surface area contributed by atoms with Crippen LogP contribution in [0.2, 0.25) is 0 Å². The third-order valence-corrected chi connectivity index (χ3v) is 5.48. The normalized spacial score (nSPS) is 15.4. The van der Waals surface area contributed by atoms with Gasteiger partial charge in [0.25, 0.3) is 5.60 Å². The number of carbonyl (C=O) groups excluding carboxylic acids is 1. The molecule has 7 heteroatoms. The first-order valence-electron chi connectivity index (χ1n) is 10.5. The van der Waals surface area contributed by atoms with Crippen LogP contribution in [0.3, 0.4) is 0 Å². The van der Waals surface area contributed by atoms with Crippen molar-refractivity contribution in [1.29, 1.82) is 0 Å². The molecule has 2 aromatic rings. The third-order valence-electron chi connectivity index (χ3n) is 5.48. The van der Waals surface area contributed by atoms with Gasteiger partial charge in [0.2, 0.25) is 0 Å². The van der Waals surface area contributed by atoms with Crippen LogP contribution in [0, 0.1) is 5.92 Å². The molecule has 0 aromatic heterocycles. The predicted octanol–water partition coefficient (Wildman–Crippen LogP) is 5.39. The Balaban J connectivity index is 1.99. The molecule has 32 heavy (non-hydrogen) atoms. The van der Waals surface area contributed by atoms with Crippen LogP contribution in [0.5, 0.6) is 0 Å². The molecule has 1 N–H and O–H groups in total. The Morgan fingerprint density at radius 1 is 1.09 bits per heavy atom. The first-order valence-corrected chi connectivity index (χ1v) is 10.5. The molecular weight excluding hydrogens is 419 g/mol. The van der Waals surface area contributed by atoms with Gasteiger partial charge in [-0.2, -0.15) is 13.2 Å². The predicted molar refractivity (Wildman–Crippen MR) is 118 cm³/mol. The molecule has 0 spiro atoms. The van der Waals surface area contributed by atoms with Gasteiger partial charge >= 0.3 is 12.1 Å². The monoisotopic (exact) mass is 449 g/mol. The van der Waals surface area contributed by atoms with Crippen LogP contribution in [0.15, 0.2) is 73.3 Å². The van der Waals surface area contributed by atoms with Crippen molar-refractivity contribution in [3.05, 3.63) is 84.4 Å². The summed E-state index contributed by atoms with van der Waals surface area (Å²) in [7, 11) is 0.858. The number of alkyl halides is 3. The molecule has 0 radical (unpaired) electrons. The van der Waals surface area contributed by atoms with Crippen LogP contribution >= 0.6 is 0 Å². The number of nitrogens with one attached hydrogen (secondary N) is 1. The molecule has 0 fully saturated rings. The van der Waals surface area contributed by atoms with E-state index in [1.807, 2.05) is 43.3 Å². The Morgan fingerprint density at radius 2 is 1.69 bits per heavy atom. The van der Waals surface area contributed by atoms with Crippen LogP contribution in [0.1, 0.15) is 30.9 Å². The SMILES string of the molecule is C=C[C@@H](C)[C@H](CCCOC(=O)[C@](OC)(c1ccccc1)C(F)(F)F)NCc1ccccc1. The molecule has 174 valence electrons. The molecule has 0 saturated heterocycles. The van der Waals surface area contributed by atoms with E-state index in [0.717, 1.165) is 12.7 Å². The number of ether oxygens (including phenoxy) is 2. The summed E-state index contributed by atoms with van der Waals surface area (Å²) >= 11 is 0. The van der Waals surface area contributed by atoms with Gasteiger partial charge in [-0.1, -0.05) is 73.7 Å². The lowest BCUT2D eigenvalue weighted by atomic mass is 9.92. The fourth-order valence-electron chi connectivity index (χ4n) is 3.52. The average molecular weight is 450 g/mol. The zero-order valence-electron chi connectivity index (χ0n) is 18.4. The van der Waals surface area contributed by atoms with Crippen LogP contribution < -0.4 is 5.32 Å². The van der Waals surface area contributed by atoms with Crippen molar-refractivity contribution in [1.82, 2.24) is 5.32 Å². The van der Waals surface area contributed by atoms with E-state index in [1.54, 1.807) is 6.07 Å². The lowest BCUT2D eigenvalue weighted by molar-refractivity contribution is -0.276. The maximum atomic E-state index is 13.9. The van der Waals surface area contributed by atoms with E-state index in [2.05, 4.69) is 11.9 Å². The molecule has 0 heterocycles. The maximum Gasteiger partial charge on any atom is 0.432 e. The van der Waals surface area contributed by atoms with Gasteiger partial charge in [0, 0.05) is 25.3 Å². The number of rotatable bonds is 12. The molecule has 0 aliphatic rings. The molecule has 0 saturated carbocycles. The van der Waals surface area contributed by atoms with E-state index in [1.165, 1.54) is 24.3 Å². The van der Waals surface area contributed by atoms with Crippen LogP contribution in [-0.2, 0) is 26.4 Å². The Bertz CT molecular complexity index is 843. The zero-order valence-corrected chi connectivity index (χ0v) is 18.4. The molecular formula is C25H30F3NO3. The summed E-state index contributed by atoms with van der Waals surface area (Å²) in [4.78, 5) is 12.6. The second-order valence-electron chi connectivity index (χ2n) is 7.60. The van der Waals surface area contributed by atoms with Gasteiger partial charge in [0.05, 0.1) is 6.61 Å². The molecule has 0 aliphatic heterocycles. The minimum Gasteiger partial charge on any atom is -0.463 e. The van der Waals surface area contributed by atoms with Gasteiger partial charge < -0.3 is 14.8 Å². The van der Waals surface area contributed by atoms with Crippen molar-refractivity contribution in [3.63, 3.8) is 0 Å². The van der Waals surface area contributed by atoms with E-state index < -0.39 is 17.7 Å². The first kappa shape index (κ1) is 25.6. The smallest absolute Gasteiger partial charge is 0.432 e. The van der Waals surface area contributed by atoms with Gasteiger partial charge in [0.15, 0.2) is 0 Å². The second-order valence-corrected chi connectivity index (χ2v) is 7.60. The molecule has 0 aliphatic carbocycles. The number of hydrogen-bond donors (Lipinski definition) is 1. The minimum atomic E-state index is -4.97. The second kappa shape index (κ2) is 11.8. The summed E-state index contributed by atoms with van der Waals surface area (Å²) in [6.45, 7) is 6.34. The number of benzene rings is 2. The number of carbonyl (C=O) groups is 1. The van der Waals surface area contributed by atoms with Gasteiger partial charge in [0.1, 0.15) is 0 Å². The summed E-state index contributed by atoms with van der Waals surface area (Å²) in [6.07, 6.45) is -2.16. The van der Waals surface area contributed by atoms with Crippen molar-refractivity contribution in [2.45, 2.75) is 44.1 Å². The Kier molecular flexibility index (Phi) is 9.47. The Morgan fingerprint density at radius 3 is 2.22 bits per heavy atom. The van der Waals surface area contributed by atoms with Crippen molar-refractivity contribution in [2.75, 3.05) is 13.7 Å². The van der Waals surface area contributed by atoms with Gasteiger partial charge in [-0.15, -0.1) is 6.58 Å². The standard InChI is InChI=1S/C25H30F3NO3/c1-4-19(2)22(29-18-20-12-7-5-8-13-20)16-11-17-32-23(30)24(31-3,25(26,27)28)21-14-9-6-10-15-21/h4-10,12-15,19,22,29H,1,11,16-18H2,2-3H3/t19-,22+,24-/m1/s1. The fraction of sp³-hybridized carbons (Fsp3) is 0.400. The minimum absolute atomic E-state index is 0.0373. The van der Waals surface area contributed by atoms with E-state index in [0.29, 0.717) is 19.4 Å². The van der Waals surface area contributed by atoms with Crippen LogP contribution in [-0.4, -0.2) is 31.9 Å². The molecule has 4 nitrogen and oxygen atoms in total. The highest BCUT2D eigenvalue weighted by atomic mass is 19.4. The summed E-state index contributed by atoms with van der Waals surface area (Å²) in [6, 6.07) is 16.7. The van der Waals surface area contributed by atoms with Crippen molar-refractivity contribution in [2.24, 2.45) is 5.92 Å². The lowest BCUT2D eigenvalue weighted by Crippen LogP contribution is -2.51. The Hall–Kier alpha value is -2.64. The van der Waals surface area contributed by atoms with Crippen LogP contribution in [0.4, 0.5) is 13.2 Å². The summed E-state index contributed by atoms with van der Waals surface area (Å²) in [5.41, 5.74) is -2.35. The number of methoxy groups -OCH3 is 1. The van der Waals surface area contributed by atoms with E-state index in [4.69, 9.17) is 9.47 Å². The molecule has 0 bridgehead atoms. The summed E-state index contributed by atoms with van der Waals surface area (Å²) in [5.74, 6) is -1.34. The van der Waals surface area contributed by atoms with Crippen molar-refractivity contribution in [3.8, 4) is 0 Å². The number of esters is 1. The maximum absolute atomic E-state index is 13.9. The molecule has 3 atom stereocenters. The lowest BCUT2D eigenvalue weighted by Gasteiger charge is -2.32. The number of hydrogen-bond acceptors (Lipinski definition) is 4. The van der Waals surface area contributed by atoms with E-state index in [9.17, 15) is 18.0 Å². The highest BCUT2D eigenvalue weighted by Crippen LogP contribution is 2.42. The van der Waals surface area contributed by atoms with Crippen LogP contribution in [0.25, 0.3) is 0 Å². The van der Waals surface area contributed by atoms with Gasteiger partial charge in [-0.25, -0.2) is 4.79 Å².